The fourth-order valence-corrected chi connectivity index (χ4v) is 8.39. The number of ether oxygens (including phenoxy) is 1. The molecular formula is C33H52IrN2O3S-2. The first kappa shape index (κ1) is 29.4. The first-order chi connectivity index (χ1) is 20.0. The van der Waals surface area contributed by atoms with E-state index in [0.717, 1.165) is 57.2 Å². The molecule has 1 radical (unpaired) electrons. The SMILES string of the molecule is CCC(CC)/C(O)=C/[C@@H](O)C(CC)CC.[2H]C([2H])([2H])C1=N[C@H]2OC3=C([C@@H]4[N-]CC=C5S[C@H](C)C[C@@H]54)[CH-]CC[C@H]3C2CC1.[Ir]. The van der Waals surface area contributed by atoms with Gasteiger partial charge < -0.3 is 20.3 Å². The Kier molecular flexibility index (Phi) is 11.5. The van der Waals surface area contributed by atoms with Gasteiger partial charge in [0.15, 0.2) is 6.23 Å². The van der Waals surface area contributed by atoms with Gasteiger partial charge in [-0.05, 0) is 73.5 Å². The summed E-state index contributed by atoms with van der Waals surface area (Å²) in [5.41, 5.74) is 1.61. The van der Waals surface area contributed by atoms with Gasteiger partial charge in [-0.15, -0.1) is 30.8 Å². The van der Waals surface area contributed by atoms with Crippen molar-refractivity contribution in [3.63, 3.8) is 0 Å². The van der Waals surface area contributed by atoms with Crippen molar-refractivity contribution in [1.82, 2.24) is 0 Å². The molecule has 0 aromatic heterocycles. The zero-order chi connectivity index (χ0) is 30.6. The van der Waals surface area contributed by atoms with Gasteiger partial charge >= 0.3 is 0 Å². The van der Waals surface area contributed by atoms with Crippen LogP contribution in [0.25, 0.3) is 5.32 Å². The molecule has 40 heavy (non-hydrogen) atoms. The van der Waals surface area contributed by atoms with Crippen molar-refractivity contribution in [1.29, 1.82) is 0 Å². The number of aliphatic hydroxyl groups excluding tert-OH is 2. The number of hydrogen-bond donors (Lipinski definition) is 2. The van der Waals surface area contributed by atoms with E-state index < -0.39 is 13.0 Å². The van der Waals surface area contributed by atoms with Crippen LogP contribution in [-0.4, -0.2) is 46.1 Å². The second kappa shape index (κ2) is 15.7. The summed E-state index contributed by atoms with van der Waals surface area (Å²) < 4.78 is 29.4. The summed E-state index contributed by atoms with van der Waals surface area (Å²) in [6.45, 7) is 9.25. The van der Waals surface area contributed by atoms with Crippen molar-refractivity contribution < 1.29 is 39.2 Å². The summed E-state index contributed by atoms with van der Waals surface area (Å²) in [7, 11) is 0. The molecule has 7 heteroatoms. The number of hydrogen-bond acceptors (Lipinski definition) is 5. The molecule has 0 spiro atoms. The maximum absolute atomic E-state index is 9.88. The van der Waals surface area contributed by atoms with E-state index in [1.54, 1.807) is 6.08 Å². The predicted octanol–water partition coefficient (Wildman–Crippen LogP) is 8.52. The van der Waals surface area contributed by atoms with Crippen molar-refractivity contribution >= 4 is 17.5 Å². The Morgan fingerprint density at radius 3 is 2.65 bits per heavy atom. The van der Waals surface area contributed by atoms with E-state index in [4.69, 9.17) is 14.2 Å². The van der Waals surface area contributed by atoms with Crippen LogP contribution in [0.5, 0.6) is 0 Å². The van der Waals surface area contributed by atoms with E-state index in [-0.39, 0.29) is 44.2 Å². The molecule has 2 fully saturated rings. The van der Waals surface area contributed by atoms with Crippen LogP contribution in [0.3, 0.4) is 0 Å². The normalized spacial score (nSPS) is 33.4. The van der Waals surface area contributed by atoms with E-state index in [1.807, 2.05) is 11.8 Å². The van der Waals surface area contributed by atoms with Crippen LogP contribution in [0.4, 0.5) is 0 Å². The molecule has 5 aliphatic rings. The number of thioether (sulfide) groups is 1. The molecule has 4 heterocycles. The van der Waals surface area contributed by atoms with E-state index in [1.165, 1.54) is 16.9 Å². The summed E-state index contributed by atoms with van der Waals surface area (Å²) in [6.07, 6.45) is 14.0. The quantitative estimate of drug-likeness (QED) is 0.193. The minimum atomic E-state index is -2.10. The fourth-order valence-electron chi connectivity index (χ4n) is 7.05. The van der Waals surface area contributed by atoms with Gasteiger partial charge in [0.2, 0.25) is 0 Å². The molecule has 0 aromatic rings. The van der Waals surface area contributed by atoms with Gasteiger partial charge in [0.25, 0.3) is 0 Å². The third kappa shape index (κ3) is 7.61. The van der Waals surface area contributed by atoms with Gasteiger partial charge in [0, 0.05) is 47.0 Å². The number of nitrogens with zero attached hydrogens (tertiary/aromatic N) is 2. The summed E-state index contributed by atoms with van der Waals surface area (Å²) in [4.78, 5) is 6.04. The first-order valence-corrected chi connectivity index (χ1v) is 16.3. The molecule has 5 rings (SSSR count). The van der Waals surface area contributed by atoms with Crippen LogP contribution < -0.4 is 0 Å². The van der Waals surface area contributed by atoms with E-state index in [0.29, 0.717) is 40.9 Å². The zero-order valence-corrected chi connectivity index (χ0v) is 28.1. The van der Waals surface area contributed by atoms with Crippen LogP contribution in [0, 0.1) is 36.0 Å². The monoisotopic (exact) mass is 752 g/mol. The summed E-state index contributed by atoms with van der Waals surface area (Å²) in [6, 6.07) is 0.200. The molecule has 0 bridgehead atoms. The molecular weight excluding hydrogens is 697 g/mol. The third-order valence-corrected chi connectivity index (χ3v) is 10.8. The van der Waals surface area contributed by atoms with Crippen molar-refractivity contribution in [2.75, 3.05) is 6.54 Å². The molecule has 0 saturated carbocycles. The number of fused-ring (bicyclic) bond motifs is 4. The standard InChI is InChI=1S/C20H26N2OS.C13H26O2.Ir/c1-11-6-7-14-13-4-3-5-15(19(13)23-20(14)22-11)18-16-10-12(2)24-17(16)8-9-21-18;1-5-10(6-2)12(14)9-13(15)11(7-3)8-4;/h5,8,12-14,16,18,20H,3-4,6-7,9-10H2,1-2H3;9-12,14-15H,5-8H2,1-4H3;/q-2;;/b;13-9-;/t12-,13+,14?,16+,18+,20+;12-;/m11./s1/i1D3;;. The predicted molar refractivity (Wildman–Crippen MR) is 165 cm³/mol. The van der Waals surface area contributed by atoms with Crippen molar-refractivity contribution in [3.8, 4) is 0 Å². The zero-order valence-electron chi connectivity index (χ0n) is 27.9. The van der Waals surface area contributed by atoms with Gasteiger partial charge in [0.1, 0.15) is 0 Å². The van der Waals surface area contributed by atoms with Gasteiger partial charge in [-0.1, -0.05) is 60.0 Å². The van der Waals surface area contributed by atoms with Crippen LogP contribution in [-0.2, 0) is 24.8 Å². The Balaban J connectivity index is 0.000000274. The molecule has 4 aliphatic heterocycles. The van der Waals surface area contributed by atoms with Crippen molar-refractivity contribution in [3.05, 3.63) is 45.9 Å². The molecule has 0 amide bonds. The summed E-state index contributed by atoms with van der Waals surface area (Å²) in [5.74, 6) is 3.10. The average molecular weight is 752 g/mol. The minimum Gasteiger partial charge on any atom is -0.654 e. The van der Waals surface area contributed by atoms with Crippen molar-refractivity contribution in [2.24, 2.45) is 34.6 Å². The molecule has 2 saturated heterocycles. The molecule has 5 nitrogen and oxygen atoms in total. The molecule has 2 N–H and O–H groups in total. The van der Waals surface area contributed by atoms with Crippen LogP contribution >= 0.6 is 11.8 Å². The van der Waals surface area contributed by atoms with E-state index in [2.05, 4.69) is 52.1 Å². The number of allylic oxidation sites excluding steroid dienone is 2. The van der Waals surface area contributed by atoms with Gasteiger partial charge in [-0.2, -0.15) is 5.57 Å². The Morgan fingerprint density at radius 2 is 1.98 bits per heavy atom. The van der Waals surface area contributed by atoms with Gasteiger partial charge in [-0.25, -0.2) is 6.42 Å². The smallest absolute Gasteiger partial charge is 0.171 e. The van der Waals surface area contributed by atoms with E-state index >= 15 is 0 Å². The number of aliphatic imine (C=N–C) groups is 1. The van der Waals surface area contributed by atoms with Crippen LogP contribution in [0.1, 0.15) is 103 Å². The minimum absolute atomic E-state index is 0. The van der Waals surface area contributed by atoms with Gasteiger partial charge in [-0.3, -0.25) is 4.99 Å². The topological polar surface area (TPSA) is 76.2 Å². The Labute approximate surface area is 265 Å². The molecule has 7 atom stereocenters. The Bertz CT molecular complexity index is 1050. The summed E-state index contributed by atoms with van der Waals surface area (Å²) >= 11 is 2.01. The number of aliphatic hydroxyl groups is 2. The Hall–Kier alpha value is -0.721. The summed E-state index contributed by atoms with van der Waals surface area (Å²) in [5, 5.41) is 25.3. The van der Waals surface area contributed by atoms with E-state index in [9.17, 15) is 10.2 Å². The Morgan fingerprint density at radius 1 is 1.23 bits per heavy atom. The maximum Gasteiger partial charge on any atom is 0.171 e. The second-order valence-corrected chi connectivity index (χ2v) is 13.4. The maximum atomic E-state index is 9.88. The van der Waals surface area contributed by atoms with Crippen LogP contribution in [0.2, 0.25) is 0 Å². The van der Waals surface area contributed by atoms with Crippen molar-refractivity contribution in [2.45, 2.75) is 123 Å². The molecule has 1 aliphatic carbocycles. The first-order valence-electron chi connectivity index (χ1n) is 16.9. The van der Waals surface area contributed by atoms with Gasteiger partial charge in [0.05, 0.1) is 11.9 Å². The largest absolute Gasteiger partial charge is 0.654 e. The van der Waals surface area contributed by atoms with Crippen LogP contribution in [0.15, 0.2) is 39.1 Å². The molecule has 1 unspecified atom stereocenters. The third-order valence-electron chi connectivity index (χ3n) is 9.45. The fraction of sp³-hybridized carbons (Fsp3) is 0.758. The molecule has 229 valence electrons. The average Bonchev–Trinajstić information content (AvgIpc) is 3.53. The number of rotatable bonds is 8. The molecule has 0 aromatic carbocycles. The second-order valence-electron chi connectivity index (χ2n) is 11.9.